The van der Waals surface area contributed by atoms with Gasteiger partial charge in [0.25, 0.3) is 5.56 Å². The van der Waals surface area contributed by atoms with Crippen LogP contribution in [-0.2, 0) is 13.1 Å². The molecule has 34 heavy (non-hydrogen) atoms. The van der Waals surface area contributed by atoms with Gasteiger partial charge in [0.05, 0.1) is 27.2 Å². The molecule has 0 atom stereocenters. The maximum Gasteiger partial charge on any atom is 0.258 e. The Morgan fingerprint density at radius 1 is 1.09 bits per heavy atom. The summed E-state index contributed by atoms with van der Waals surface area (Å²) in [6.45, 7) is 4.90. The molecule has 9 heteroatoms. The van der Waals surface area contributed by atoms with Crippen molar-refractivity contribution in [3.05, 3.63) is 75.9 Å². The summed E-state index contributed by atoms with van der Waals surface area (Å²) in [5, 5.41) is 8.25. The van der Waals surface area contributed by atoms with Crippen LogP contribution >= 0.6 is 11.3 Å². The number of nitrogens with two attached hydrogens (primary N) is 1. The Morgan fingerprint density at radius 2 is 1.94 bits per heavy atom. The molecule has 0 aliphatic heterocycles. The molecule has 0 saturated heterocycles. The first-order chi connectivity index (χ1) is 16.5. The lowest BCUT2D eigenvalue weighted by atomic mass is 10.1. The van der Waals surface area contributed by atoms with Gasteiger partial charge < -0.3 is 10.3 Å². The zero-order chi connectivity index (χ0) is 23.4. The first kappa shape index (κ1) is 20.5. The van der Waals surface area contributed by atoms with Crippen molar-refractivity contribution in [3.63, 3.8) is 0 Å². The van der Waals surface area contributed by atoms with Crippen molar-refractivity contribution in [1.29, 1.82) is 0 Å². The SMILES string of the molecule is CCn1c(Cn2nc(-c3ccc4nc(C)sc4c3)c3c(N)ncnc32)cc2ccccc2c1=O. The lowest BCUT2D eigenvalue weighted by Gasteiger charge is -2.13. The van der Waals surface area contributed by atoms with Gasteiger partial charge in [-0.25, -0.2) is 19.6 Å². The molecule has 8 nitrogen and oxygen atoms in total. The van der Waals surface area contributed by atoms with Gasteiger partial charge in [0.15, 0.2) is 5.65 Å². The highest BCUT2D eigenvalue weighted by atomic mass is 32.1. The van der Waals surface area contributed by atoms with E-state index in [1.165, 1.54) is 6.33 Å². The third-order valence-electron chi connectivity index (χ3n) is 6.06. The Morgan fingerprint density at radius 3 is 2.79 bits per heavy atom. The average Bonchev–Trinajstić information content (AvgIpc) is 3.39. The summed E-state index contributed by atoms with van der Waals surface area (Å²) in [7, 11) is 0. The van der Waals surface area contributed by atoms with E-state index in [2.05, 4.69) is 21.0 Å². The molecule has 0 saturated carbocycles. The number of benzene rings is 2. The second kappa shape index (κ2) is 7.74. The topological polar surface area (TPSA) is 105 Å². The molecule has 0 aliphatic rings. The number of anilines is 1. The molecule has 0 fully saturated rings. The molecule has 0 amide bonds. The molecule has 0 spiro atoms. The average molecular weight is 468 g/mol. The van der Waals surface area contributed by atoms with Gasteiger partial charge in [0.2, 0.25) is 0 Å². The van der Waals surface area contributed by atoms with Gasteiger partial charge in [-0.3, -0.25) is 4.79 Å². The fraction of sp³-hybridized carbons (Fsp3) is 0.160. The summed E-state index contributed by atoms with van der Waals surface area (Å²) >= 11 is 1.64. The van der Waals surface area contributed by atoms with Crippen LogP contribution in [0.4, 0.5) is 5.82 Å². The van der Waals surface area contributed by atoms with Crippen molar-refractivity contribution < 1.29 is 0 Å². The van der Waals surface area contributed by atoms with Crippen molar-refractivity contribution >= 4 is 49.2 Å². The first-order valence-corrected chi connectivity index (χ1v) is 11.8. The van der Waals surface area contributed by atoms with E-state index in [4.69, 9.17) is 10.8 Å². The van der Waals surface area contributed by atoms with Crippen LogP contribution < -0.4 is 11.3 Å². The van der Waals surface area contributed by atoms with Gasteiger partial charge in [0.1, 0.15) is 17.8 Å². The van der Waals surface area contributed by atoms with Crippen molar-refractivity contribution in [1.82, 2.24) is 29.3 Å². The van der Waals surface area contributed by atoms with Crippen LogP contribution in [0.15, 0.2) is 59.7 Å². The molecular formula is C25H21N7OS. The van der Waals surface area contributed by atoms with Gasteiger partial charge in [-0.2, -0.15) is 5.10 Å². The number of nitrogens with zero attached hydrogens (tertiary/aromatic N) is 6. The molecule has 2 aromatic carbocycles. The number of pyridine rings is 1. The van der Waals surface area contributed by atoms with Crippen LogP contribution in [0.25, 0.3) is 43.3 Å². The van der Waals surface area contributed by atoms with Gasteiger partial charge >= 0.3 is 0 Å². The summed E-state index contributed by atoms with van der Waals surface area (Å²) in [5.41, 5.74) is 10.4. The predicted octanol–water partition coefficient (Wildman–Crippen LogP) is 4.38. The zero-order valence-corrected chi connectivity index (χ0v) is 19.5. The minimum absolute atomic E-state index is 0.00700. The smallest absolute Gasteiger partial charge is 0.258 e. The molecule has 168 valence electrons. The Kier molecular flexibility index (Phi) is 4.66. The van der Waals surface area contributed by atoms with Crippen LogP contribution in [0.1, 0.15) is 17.6 Å². The van der Waals surface area contributed by atoms with Crippen LogP contribution in [0.3, 0.4) is 0 Å². The summed E-state index contributed by atoms with van der Waals surface area (Å²) in [4.78, 5) is 26.4. The standard InChI is InChI=1S/C25H21N7OS/c1-3-31-17(10-15-6-4-5-7-18(15)25(31)33)12-32-24-21(23(26)27-13-28-24)22(30-32)16-8-9-19-20(11-16)34-14(2)29-19/h4-11,13H,3,12H2,1-2H3,(H2,26,27,28). The molecule has 6 rings (SSSR count). The molecule has 0 radical (unpaired) electrons. The van der Waals surface area contributed by atoms with Crippen LogP contribution in [-0.4, -0.2) is 29.3 Å². The predicted molar refractivity (Wildman–Crippen MR) is 136 cm³/mol. The van der Waals surface area contributed by atoms with E-state index in [1.54, 1.807) is 20.6 Å². The van der Waals surface area contributed by atoms with E-state index in [-0.39, 0.29) is 5.56 Å². The van der Waals surface area contributed by atoms with Crippen LogP contribution in [0, 0.1) is 6.92 Å². The maximum atomic E-state index is 13.1. The normalized spacial score (nSPS) is 11.7. The van der Waals surface area contributed by atoms with E-state index >= 15 is 0 Å². The lowest BCUT2D eigenvalue weighted by Crippen LogP contribution is -2.24. The fourth-order valence-corrected chi connectivity index (χ4v) is 5.38. The quantitative estimate of drug-likeness (QED) is 0.413. The summed E-state index contributed by atoms with van der Waals surface area (Å²) in [6, 6.07) is 15.8. The number of aryl methyl sites for hydroxylation is 1. The van der Waals surface area contributed by atoms with Crippen molar-refractivity contribution in [3.8, 4) is 11.3 Å². The fourth-order valence-electron chi connectivity index (χ4n) is 4.51. The Bertz CT molecular complexity index is 1780. The highest BCUT2D eigenvalue weighted by Gasteiger charge is 2.19. The van der Waals surface area contributed by atoms with E-state index in [9.17, 15) is 4.79 Å². The largest absolute Gasteiger partial charge is 0.383 e. The summed E-state index contributed by atoms with van der Waals surface area (Å²) in [6.07, 6.45) is 1.45. The number of aromatic nitrogens is 6. The molecule has 0 unspecified atom stereocenters. The van der Waals surface area contributed by atoms with Gasteiger partial charge in [0, 0.05) is 23.2 Å². The minimum atomic E-state index is -0.00700. The van der Waals surface area contributed by atoms with Crippen molar-refractivity contribution in [2.45, 2.75) is 26.9 Å². The lowest BCUT2D eigenvalue weighted by molar-refractivity contribution is 0.617. The third kappa shape index (κ3) is 3.16. The van der Waals surface area contributed by atoms with Crippen LogP contribution in [0.5, 0.6) is 0 Å². The van der Waals surface area contributed by atoms with E-state index in [0.717, 1.165) is 31.9 Å². The van der Waals surface area contributed by atoms with E-state index in [0.29, 0.717) is 41.0 Å². The van der Waals surface area contributed by atoms with Gasteiger partial charge in [-0.05, 0) is 43.5 Å². The number of fused-ring (bicyclic) bond motifs is 3. The van der Waals surface area contributed by atoms with E-state index < -0.39 is 0 Å². The molecule has 6 aromatic rings. The zero-order valence-electron chi connectivity index (χ0n) is 18.7. The highest BCUT2D eigenvalue weighted by molar-refractivity contribution is 7.18. The molecule has 0 aliphatic carbocycles. The Hall–Kier alpha value is -4.11. The highest BCUT2D eigenvalue weighted by Crippen LogP contribution is 2.33. The van der Waals surface area contributed by atoms with Crippen molar-refractivity contribution in [2.75, 3.05) is 5.73 Å². The number of rotatable bonds is 4. The number of hydrogen-bond donors (Lipinski definition) is 1. The molecule has 4 heterocycles. The van der Waals surface area contributed by atoms with Crippen LogP contribution in [0.2, 0.25) is 0 Å². The monoisotopic (exact) mass is 467 g/mol. The Labute approximate surface area is 198 Å². The summed E-state index contributed by atoms with van der Waals surface area (Å²) in [5.74, 6) is 0.373. The van der Waals surface area contributed by atoms with Gasteiger partial charge in [-0.15, -0.1) is 11.3 Å². The second-order valence-corrected chi connectivity index (χ2v) is 9.39. The van der Waals surface area contributed by atoms with E-state index in [1.807, 2.05) is 56.3 Å². The number of nitrogen functional groups attached to an aromatic ring is 1. The molecule has 2 N–H and O–H groups in total. The summed E-state index contributed by atoms with van der Waals surface area (Å²) < 4.78 is 4.68. The molecule has 4 aromatic heterocycles. The number of thiazole rings is 1. The van der Waals surface area contributed by atoms with Gasteiger partial charge in [-0.1, -0.05) is 24.3 Å². The maximum absolute atomic E-state index is 13.1. The third-order valence-corrected chi connectivity index (χ3v) is 6.99. The molecular weight excluding hydrogens is 446 g/mol. The molecule has 0 bridgehead atoms. The number of hydrogen-bond acceptors (Lipinski definition) is 7. The minimum Gasteiger partial charge on any atom is -0.383 e. The van der Waals surface area contributed by atoms with Crippen molar-refractivity contribution in [2.24, 2.45) is 0 Å². The second-order valence-electron chi connectivity index (χ2n) is 8.15. The Balaban J connectivity index is 1.55. The first-order valence-electron chi connectivity index (χ1n) is 11.0.